The molecule has 0 saturated carbocycles. The van der Waals surface area contributed by atoms with Crippen molar-refractivity contribution >= 4 is 30.7 Å². The summed E-state index contributed by atoms with van der Waals surface area (Å²) >= 11 is 0. The standard InChI is InChI=1S/C14H21B2N3O2/c1-15(20)18-10-8-17(9-11-18)13-4-3-5-14-12(13)6-7-19(14)16(2)21/h3-7,20-21H,8-11H2,1-2H3. The Bertz CT molecular complexity index is 622. The number of benzene rings is 1. The number of fused-ring (bicyclic) bond motifs is 1. The van der Waals surface area contributed by atoms with E-state index in [1.807, 2.05) is 29.6 Å². The topological polar surface area (TPSA) is 51.9 Å². The lowest BCUT2D eigenvalue weighted by Gasteiger charge is -2.37. The van der Waals surface area contributed by atoms with Crippen LogP contribution in [0.5, 0.6) is 0 Å². The maximum absolute atomic E-state index is 9.82. The molecule has 21 heavy (non-hydrogen) atoms. The van der Waals surface area contributed by atoms with Gasteiger partial charge >= 0.3 is 14.1 Å². The second-order valence-corrected chi connectivity index (χ2v) is 5.72. The first kappa shape index (κ1) is 14.5. The lowest BCUT2D eigenvalue weighted by molar-refractivity contribution is 0.345. The quantitative estimate of drug-likeness (QED) is 0.820. The fourth-order valence-electron chi connectivity index (χ4n) is 3.11. The van der Waals surface area contributed by atoms with Crippen molar-refractivity contribution < 1.29 is 10.0 Å². The highest BCUT2D eigenvalue weighted by Gasteiger charge is 2.23. The molecule has 7 heteroatoms. The predicted octanol–water partition coefficient (Wildman–Crippen LogP) is 0.832. The van der Waals surface area contributed by atoms with E-state index in [9.17, 15) is 10.0 Å². The summed E-state index contributed by atoms with van der Waals surface area (Å²) in [6.07, 6.45) is 1.94. The average molecular weight is 285 g/mol. The van der Waals surface area contributed by atoms with Crippen LogP contribution in [0.4, 0.5) is 5.69 Å². The van der Waals surface area contributed by atoms with Gasteiger partial charge in [0.05, 0.1) is 0 Å². The van der Waals surface area contributed by atoms with Crippen LogP contribution in [-0.4, -0.2) is 59.6 Å². The van der Waals surface area contributed by atoms with E-state index in [2.05, 4.69) is 21.8 Å². The SMILES string of the molecule is CB(O)N1CCN(c2cccc3c2ccn3B(C)O)CC1. The van der Waals surface area contributed by atoms with Gasteiger partial charge < -0.3 is 24.2 Å². The molecule has 0 bridgehead atoms. The maximum Gasteiger partial charge on any atom is 0.413 e. The Balaban J connectivity index is 1.88. The van der Waals surface area contributed by atoms with Crippen molar-refractivity contribution in [3.63, 3.8) is 0 Å². The van der Waals surface area contributed by atoms with E-state index in [-0.39, 0.29) is 7.05 Å². The van der Waals surface area contributed by atoms with E-state index >= 15 is 0 Å². The molecule has 0 atom stereocenters. The number of piperazine rings is 1. The number of rotatable bonds is 3. The second-order valence-electron chi connectivity index (χ2n) is 5.72. The van der Waals surface area contributed by atoms with Gasteiger partial charge in [-0.2, -0.15) is 0 Å². The van der Waals surface area contributed by atoms with Gasteiger partial charge in [-0.3, -0.25) is 0 Å². The van der Waals surface area contributed by atoms with E-state index in [1.165, 1.54) is 11.1 Å². The van der Waals surface area contributed by atoms with Gasteiger partial charge in [-0.05, 0) is 38.0 Å². The third kappa shape index (κ3) is 2.69. The first-order chi connectivity index (χ1) is 10.1. The fourth-order valence-corrected chi connectivity index (χ4v) is 3.11. The molecule has 0 aliphatic carbocycles. The summed E-state index contributed by atoms with van der Waals surface area (Å²) in [5.41, 5.74) is 2.26. The highest BCUT2D eigenvalue weighted by atomic mass is 16.2. The van der Waals surface area contributed by atoms with Crippen molar-refractivity contribution in [2.45, 2.75) is 13.6 Å². The van der Waals surface area contributed by atoms with Crippen molar-refractivity contribution in [3.05, 3.63) is 30.5 Å². The number of anilines is 1. The van der Waals surface area contributed by atoms with E-state index in [1.54, 1.807) is 6.82 Å². The Kier molecular flexibility index (Phi) is 3.97. The molecule has 1 aromatic carbocycles. The minimum atomic E-state index is -0.523. The lowest BCUT2D eigenvalue weighted by Crippen LogP contribution is -2.51. The van der Waals surface area contributed by atoms with Crippen molar-refractivity contribution in [2.24, 2.45) is 0 Å². The molecule has 1 saturated heterocycles. The monoisotopic (exact) mass is 285 g/mol. The summed E-state index contributed by atoms with van der Waals surface area (Å²) in [6.45, 7) is 7.14. The van der Waals surface area contributed by atoms with Crippen molar-refractivity contribution in [2.75, 3.05) is 31.1 Å². The molecule has 0 unspecified atom stereocenters. The maximum atomic E-state index is 9.82. The van der Waals surface area contributed by atoms with Gasteiger partial charge in [-0.25, -0.2) is 0 Å². The van der Waals surface area contributed by atoms with Gasteiger partial charge in [0.2, 0.25) is 0 Å². The van der Waals surface area contributed by atoms with Gasteiger partial charge in [-0.15, -0.1) is 0 Å². The van der Waals surface area contributed by atoms with Gasteiger partial charge in [-0.1, -0.05) is 6.07 Å². The summed E-state index contributed by atoms with van der Waals surface area (Å²) in [6, 6.07) is 8.28. The molecular formula is C14H21B2N3O2. The van der Waals surface area contributed by atoms with Crippen LogP contribution in [0.15, 0.2) is 30.5 Å². The van der Waals surface area contributed by atoms with E-state index in [0.717, 1.165) is 31.7 Å². The molecule has 2 aromatic rings. The molecule has 2 heterocycles. The molecule has 0 radical (unpaired) electrons. The van der Waals surface area contributed by atoms with E-state index in [4.69, 9.17) is 0 Å². The zero-order chi connectivity index (χ0) is 15.0. The summed E-state index contributed by atoms with van der Waals surface area (Å²) < 4.78 is 1.88. The molecule has 0 spiro atoms. The molecule has 110 valence electrons. The molecule has 2 N–H and O–H groups in total. The van der Waals surface area contributed by atoms with Crippen molar-refractivity contribution in [1.82, 2.24) is 9.29 Å². The predicted molar refractivity (Wildman–Crippen MR) is 88.8 cm³/mol. The first-order valence-electron chi connectivity index (χ1n) is 7.52. The van der Waals surface area contributed by atoms with Crippen molar-refractivity contribution in [1.29, 1.82) is 0 Å². The first-order valence-corrected chi connectivity index (χ1v) is 7.52. The van der Waals surface area contributed by atoms with Crippen LogP contribution in [0.25, 0.3) is 10.9 Å². The summed E-state index contributed by atoms with van der Waals surface area (Å²) in [7, 11) is -0.899. The summed E-state index contributed by atoms with van der Waals surface area (Å²) in [5.74, 6) is 0. The largest absolute Gasteiger partial charge is 0.437 e. The van der Waals surface area contributed by atoms with Crippen LogP contribution in [-0.2, 0) is 0 Å². The normalized spacial score (nSPS) is 16.5. The molecular weight excluding hydrogens is 264 g/mol. The number of aromatic nitrogens is 1. The molecule has 1 aliphatic heterocycles. The smallest absolute Gasteiger partial charge is 0.413 e. The minimum Gasteiger partial charge on any atom is -0.437 e. The van der Waals surface area contributed by atoms with Crippen LogP contribution in [0.3, 0.4) is 0 Å². The van der Waals surface area contributed by atoms with Gasteiger partial charge in [0.1, 0.15) is 0 Å². The third-order valence-corrected chi connectivity index (χ3v) is 4.33. The van der Waals surface area contributed by atoms with Crippen LogP contribution < -0.4 is 4.90 Å². The molecule has 5 nitrogen and oxygen atoms in total. The van der Waals surface area contributed by atoms with Gasteiger partial charge in [0, 0.05) is 42.8 Å². The molecule has 0 amide bonds. The van der Waals surface area contributed by atoms with Crippen molar-refractivity contribution in [3.8, 4) is 0 Å². The minimum absolute atomic E-state index is 0.376. The molecule has 1 aliphatic rings. The van der Waals surface area contributed by atoms with Crippen LogP contribution in [0.1, 0.15) is 0 Å². The number of hydrogen-bond donors (Lipinski definition) is 2. The zero-order valence-electron chi connectivity index (χ0n) is 12.6. The second kappa shape index (κ2) is 5.75. The Labute approximate surface area is 126 Å². The van der Waals surface area contributed by atoms with E-state index in [0.29, 0.717) is 0 Å². The average Bonchev–Trinajstić information content (AvgIpc) is 2.91. The zero-order valence-corrected chi connectivity index (χ0v) is 12.6. The molecule has 3 rings (SSSR count). The Morgan fingerprint density at radius 3 is 2.29 bits per heavy atom. The van der Waals surface area contributed by atoms with Crippen LogP contribution in [0.2, 0.25) is 13.6 Å². The van der Waals surface area contributed by atoms with E-state index < -0.39 is 7.05 Å². The molecule has 1 aromatic heterocycles. The Hall–Kier alpha value is -1.43. The Morgan fingerprint density at radius 1 is 0.952 bits per heavy atom. The third-order valence-electron chi connectivity index (χ3n) is 4.33. The van der Waals surface area contributed by atoms with Crippen LogP contribution >= 0.6 is 0 Å². The highest BCUT2D eigenvalue weighted by Crippen LogP contribution is 2.28. The Morgan fingerprint density at radius 2 is 1.67 bits per heavy atom. The van der Waals surface area contributed by atoms with Gasteiger partial charge in [0.15, 0.2) is 0 Å². The van der Waals surface area contributed by atoms with Gasteiger partial charge in [0.25, 0.3) is 0 Å². The number of hydrogen-bond acceptors (Lipinski definition) is 4. The fraction of sp³-hybridized carbons (Fsp3) is 0.429. The highest BCUT2D eigenvalue weighted by molar-refractivity contribution is 6.48. The molecule has 1 fully saturated rings. The summed E-state index contributed by atoms with van der Waals surface area (Å²) in [5, 5.41) is 20.6. The lowest BCUT2D eigenvalue weighted by atomic mass is 9.84. The summed E-state index contributed by atoms with van der Waals surface area (Å²) in [4.78, 5) is 4.44. The van der Waals surface area contributed by atoms with Crippen LogP contribution in [0, 0.1) is 0 Å². The number of nitrogens with zero attached hydrogens (tertiary/aromatic N) is 3.